The third kappa shape index (κ3) is 4.28. The van der Waals surface area contributed by atoms with Crippen LogP contribution >= 0.6 is 11.8 Å². The van der Waals surface area contributed by atoms with Crippen molar-refractivity contribution in [1.82, 2.24) is 15.3 Å². The number of nitrogens with zero attached hydrogens (tertiary/aromatic N) is 1. The van der Waals surface area contributed by atoms with Crippen LogP contribution < -0.4 is 5.32 Å². The average Bonchev–Trinajstić information content (AvgIpc) is 2.71. The Morgan fingerprint density at radius 1 is 1.50 bits per heavy atom. The first-order chi connectivity index (χ1) is 8.31. The van der Waals surface area contributed by atoms with Crippen LogP contribution in [0.5, 0.6) is 0 Å². The van der Waals surface area contributed by atoms with Gasteiger partial charge in [-0.05, 0) is 11.8 Å². The molecule has 1 aromatic heterocycles. The van der Waals surface area contributed by atoms with E-state index in [1.165, 1.54) is 0 Å². The van der Waals surface area contributed by atoms with Gasteiger partial charge in [0.2, 0.25) is 0 Å². The Labute approximate surface area is 103 Å². The van der Waals surface area contributed by atoms with Crippen LogP contribution in [0.25, 0.3) is 0 Å². The van der Waals surface area contributed by atoms with Crippen molar-refractivity contribution in [2.24, 2.45) is 0 Å². The lowest BCUT2D eigenvalue weighted by Crippen LogP contribution is -2.28. The van der Waals surface area contributed by atoms with Crippen LogP contribution in [-0.4, -0.2) is 44.8 Å². The van der Waals surface area contributed by atoms with Crippen LogP contribution in [0.4, 0.5) is 13.2 Å². The van der Waals surface area contributed by atoms with Crippen LogP contribution in [0.2, 0.25) is 0 Å². The van der Waals surface area contributed by atoms with E-state index in [0.717, 1.165) is 6.33 Å². The molecule has 6 nitrogen and oxygen atoms in total. The summed E-state index contributed by atoms with van der Waals surface area (Å²) in [5.41, 5.74) is -5.13. The fraction of sp³-hybridized carbons (Fsp3) is 0.375. The number of hydrogen-bond acceptors (Lipinski definition) is 4. The van der Waals surface area contributed by atoms with Crippen molar-refractivity contribution in [3.8, 4) is 0 Å². The van der Waals surface area contributed by atoms with Crippen LogP contribution in [0.15, 0.2) is 6.33 Å². The number of H-pyrrole nitrogens is 1. The maximum atomic E-state index is 11.8. The smallest absolute Gasteiger partial charge is 0.441 e. The molecule has 0 fully saturated rings. The number of nitrogens with one attached hydrogen (secondary N) is 2. The van der Waals surface area contributed by atoms with Crippen molar-refractivity contribution in [2.75, 3.05) is 12.3 Å². The van der Waals surface area contributed by atoms with E-state index in [2.05, 4.69) is 15.3 Å². The van der Waals surface area contributed by atoms with Crippen molar-refractivity contribution >= 4 is 23.6 Å². The molecule has 100 valence electrons. The number of carbonyl (C=O) groups excluding carboxylic acids is 1. The SMILES string of the molecule is O=C(NCCSC(F)(F)F)c1nc[nH]c1C(=O)O. The molecule has 0 aromatic carbocycles. The minimum Gasteiger partial charge on any atom is -0.477 e. The second-order valence-electron chi connectivity index (χ2n) is 2.98. The fourth-order valence-corrected chi connectivity index (χ4v) is 1.48. The number of carboxylic acid groups (broad SMARTS) is 1. The summed E-state index contributed by atoms with van der Waals surface area (Å²) in [6.07, 6.45) is 1.02. The van der Waals surface area contributed by atoms with E-state index in [1.54, 1.807) is 0 Å². The molecule has 0 aliphatic heterocycles. The van der Waals surface area contributed by atoms with Gasteiger partial charge in [-0.15, -0.1) is 0 Å². The minimum absolute atomic E-state index is 0.241. The molecular formula is C8H8F3N3O3S. The zero-order valence-corrected chi connectivity index (χ0v) is 9.56. The Balaban J connectivity index is 2.46. The number of carboxylic acids is 1. The Hall–Kier alpha value is -1.71. The number of hydrogen-bond donors (Lipinski definition) is 3. The molecule has 0 aliphatic carbocycles. The highest BCUT2D eigenvalue weighted by atomic mass is 32.2. The predicted molar refractivity (Wildman–Crippen MR) is 56.4 cm³/mol. The standard InChI is InChI=1S/C8H8F3N3O3S/c9-8(10,11)18-2-1-12-6(15)4-5(7(16)17)14-3-13-4/h3H,1-2H2,(H,12,15)(H,13,14)(H,16,17). The van der Waals surface area contributed by atoms with Gasteiger partial charge in [-0.2, -0.15) is 13.2 Å². The molecule has 1 amide bonds. The molecule has 1 heterocycles. The molecule has 0 atom stereocenters. The normalized spacial score (nSPS) is 11.3. The number of carbonyl (C=O) groups is 2. The number of imidazole rings is 1. The monoisotopic (exact) mass is 283 g/mol. The summed E-state index contributed by atoms with van der Waals surface area (Å²) in [5.74, 6) is -2.57. The number of aromatic carboxylic acids is 1. The summed E-state index contributed by atoms with van der Waals surface area (Å²) in [7, 11) is 0. The van der Waals surface area contributed by atoms with Gasteiger partial charge in [0.25, 0.3) is 5.91 Å². The molecule has 10 heteroatoms. The van der Waals surface area contributed by atoms with Gasteiger partial charge in [0, 0.05) is 12.3 Å². The summed E-state index contributed by atoms with van der Waals surface area (Å²) >= 11 is -0.276. The Bertz CT molecular complexity index is 446. The number of alkyl halides is 3. The molecule has 18 heavy (non-hydrogen) atoms. The molecule has 0 unspecified atom stereocenters. The molecule has 0 saturated heterocycles. The molecule has 0 radical (unpaired) electrons. The highest BCUT2D eigenvalue weighted by Gasteiger charge is 2.27. The van der Waals surface area contributed by atoms with Gasteiger partial charge in [0.05, 0.1) is 6.33 Å². The topological polar surface area (TPSA) is 95.1 Å². The van der Waals surface area contributed by atoms with Crippen molar-refractivity contribution in [1.29, 1.82) is 0 Å². The third-order valence-electron chi connectivity index (χ3n) is 1.72. The summed E-state index contributed by atoms with van der Waals surface area (Å²) < 4.78 is 35.3. The van der Waals surface area contributed by atoms with E-state index in [1.807, 2.05) is 0 Å². The summed E-state index contributed by atoms with van der Waals surface area (Å²) in [6, 6.07) is 0. The lowest BCUT2D eigenvalue weighted by Gasteiger charge is -2.06. The van der Waals surface area contributed by atoms with E-state index in [-0.39, 0.29) is 29.8 Å². The molecule has 1 rings (SSSR count). The second kappa shape index (κ2) is 5.76. The van der Waals surface area contributed by atoms with Crippen LogP contribution in [0, 0.1) is 0 Å². The molecule has 0 spiro atoms. The van der Waals surface area contributed by atoms with Crippen LogP contribution in [0.1, 0.15) is 21.0 Å². The molecule has 0 aliphatic rings. The molecule has 1 aromatic rings. The third-order valence-corrected chi connectivity index (χ3v) is 2.46. The van der Waals surface area contributed by atoms with E-state index in [0.29, 0.717) is 0 Å². The van der Waals surface area contributed by atoms with Crippen molar-refractivity contribution < 1.29 is 27.9 Å². The van der Waals surface area contributed by atoms with Crippen molar-refractivity contribution in [3.05, 3.63) is 17.7 Å². The Morgan fingerprint density at radius 2 is 2.17 bits per heavy atom. The van der Waals surface area contributed by atoms with E-state index >= 15 is 0 Å². The van der Waals surface area contributed by atoms with Gasteiger partial charge in [-0.1, -0.05) is 0 Å². The van der Waals surface area contributed by atoms with Gasteiger partial charge in [0.15, 0.2) is 11.4 Å². The first-order valence-electron chi connectivity index (χ1n) is 4.57. The van der Waals surface area contributed by atoms with Gasteiger partial charge in [-0.25, -0.2) is 9.78 Å². The lowest BCUT2D eigenvalue weighted by molar-refractivity contribution is -0.0327. The van der Waals surface area contributed by atoms with Crippen molar-refractivity contribution in [3.63, 3.8) is 0 Å². The maximum absolute atomic E-state index is 11.8. The number of rotatable bonds is 5. The summed E-state index contributed by atoms with van der Waals surface area (Å²) in [5, 5.41) is 10.8. The van der Waals surface area contributed by atoms with Crippen LogP contribution in [-0.2, 0) is 0 Å². The number of aromatic nitrogens is 2. The molecular weight excluding hydrogens is 275 g/mol. The Morgan fingerprint density at radius 3 is 2.72 bits per heavy atom. The number of halogens is 3. The van der Waals surface area contributed by atoms with Gasteiger partial charge < -0.3 is 15.4 Å². The van der Waals surface area contributed by atoms with Gasteiger partial charge in [-0.3, -0.25) is 4.79 Å². The van der Waals surface area contributed by atoms with Gasteiger partial charge in [0.1, 0.15) is 0 Å². The number of thioether (sulfide) groups is 1. The largest absolute Gasteiger partial charge is 0.477 e. The minimum atomic E-state index is -4.36. The van der Waals surface area contributed by atoms with E-state index in [9.17, 15) is 22.8 Å². The molecule has 3 N–H and O–H groups in total. The zero-order chi connectivity index (χ0) is 13.8. The van der Waals surface area contributed by atoms with Crippen molar-refractivity contribution in [2.45, 2.75) is 5.51 Å². The highest BCUT2D eigenvalue weighted by Crippen LogP contribution is 2.29. The summed E-state index contributed by atoms with van der Waals surface area (Å²) in [6.45, 7) is -0.241. The maximum Gasteiger partial charge on any atom is 0.441 e. The van der Waals surface area contributed by atoms with Gasteiger partial charge >= 0.3 is 11.5 Å². The second-order valence-corrected chi connectivity index (χ2v) is 4.14. The van der Waals surface area contributed by atoms with Crippen LogP contribution in [0.3, 0.4) is 0 Å². The lowest BCUT2D eigenvalue weighted by atomic mass is 10.3. The van der Waals surface area contributed by atoms with E-state index in [4.69, 9.17) is 5.11 Å². The highest BCUT2D eigenvalue weighted by molar-refractivity contribution is 8.00. The molecule has 0 bridgehead atoms. The quantitative estimate of drug-likeness (QED) is 0.703. The first kappa shape index (κ1) is 14.4. The van der Waals surface area contributed by atoms with E-state index < -0.39 is 23.1 Å². The number of amides is 1. The Kier molecular flexibility index (Phi) is 4.59. The predicted octanol–water partition coefficient (Wildman–Crippen LogP) is 1.09. The number of aromatic amines is 1. The first-order valence-corrected chi connectivity index (χ1v) is 5.55. The summed E-state index contributed by atoms with van der Waals surface area (Å²) in [4.78, 5) is 27.8. The fourth-order valence-electron chi connectivity index (χ4n) is 1.04. The zero-order valence-electron chi connectivity index (χ0n) is 8.74. The molecule has 0 saturated carbocycles. The average molecular weight is 283 g/mol.